The van der Waals surface area contributed by atoms with E-state index in [1.54, 1.807) is 6.08 Å². The maximum Gasteiger partial charge on any atom is 0.267 e. The molecule has 0 spiro atoms. The second kappa shape index (κ2) is 13.7. The zero-order valence-corrected chi connectivity index (χ0v) is 21.2. The van der Waals surface area contributed by atoms with Crippen LogP contribution >= 0.6 is 0 Å². The SMILES string of the molecule is CCCc1ccc(CCC(=O)NC[C@H](NC(=O)CCN2C(=O)C3C=CCCC[C@@H]3C2=O)C(=O)NO)cc1. The predicted molar refractivity (Wildman–Crippen MR) is 135 cm³/mol. The van der Waals surface area contributed by atoms with Crippen LogP contribution in [-0.2, 0) is 36.8 Å². The van der Waals surface area contributed by atoms with E-state index in [1.807, 2.05) is 30.3 Å². The third kappa shape index (κ3) is 7.72. The van der Waals surface area contributed by atoms with Crippen molar-refractivity contribution in [3.8, 4) is 0 Å². The molecule has 1 aliphatic heterocycles. The Balaban J connectivity index is 1.45. The molecule has 200 valence electrons. The van der Waals surface area contributed by atoms with Gasteiger partial charge in [-0.25, -0.2) is 5.48 Å². The summed E-state index contributed by atoms with van der Waals surface area (Å²) in [6, 6.07) is 6.85. The number of aryl methyl sites for hydroxylation is 2. The Bertz CT molecular complexity index is 1020. The molecule has 0 aromatic heterocycles. The average molecular weight is 513 g/mol. The molecule has 3 rings (SSSR count). The van der Waals surface area contributed by atoms with Crippen LogP contribution in [-0.4, -0.2) is 58.8 Å². The van der Waals surface area contributed by atoms with E-state index < -0.39 is 23.8 Å². The number of nitrogens with zero attached hydrogens (tertiary/aromatic N) is 1. The number of hydrogen-bond acceptors (Lipinski definition) is 6. The van der Waals surface area contributed by atoms with E-state index in [-0.39, 0.29) is 49.6 Å². The highest BCUT2D eigenvalue weighted by Gasteiger charge is 2.46. The third-order valence-corrected chi connectivity index (χ3v) is 6.83. The molecule has 10 nitrogen and oxygen atoms in total. The monoisotopic (exact) mass is 512 g/mol. The first-order chi connectivity index (χ1) is 17.8. The van der Waals surface area contributed by atoms with E-state index in [4.69, 9.17) is 5.21 Å². The van der Waals surface area contributed by atoms with Crippen LogP contribution in [0.15, 0.2) is 36.4 Å². The van der Waals surface area contributed by atoms with Crippen LogP contribution < -0.4 is 16.1 Å². The predicted octanol–water partition coefficient (Wildman–Crippen LogP) is 1.41. The number of rotatable bonds is 12. The van der Waals surface area contributed by atoms with E-state index >= 15 is 0 Å². The molecule has 1 aromatic rings. The largest absolute Gasteiger partial charge is 0.353 e. The smallest absolute Gasteiger partial charge is 0.267 e. The van der Waals surface area contributed by atoms with Gasteiger partial charge in [-0.1, -0.05) is 49.8 Å². The van der Waals surface area contributed by atoms with Gasteiger partial charge in [0.1, 0.15) is 6.04 Å². The lowest BCUT2D eigenvalue weighted by atomic mass is 9.92. The number of imide groups is 1. The van der Waals surface area contributed by atoms with Crippen molar-refractivity contribution in [1.29, 1.82) is 0 Å². The molecule has 3 atom stereocenters. The minimum absolute atomic E-state index is 0.0960. The van der Waals surface area contributed by atoms with E-state index in [1.165, 1.54) is 11.0 Å². The second-order valence-corrected chi connectivity index (χ2v) is 9.54. The molecule has 0 radical (unpaired) electrons. The number of fused-ring (bicyclic) bond motifs is 1. The molecular formula is C27H36N4O6. The molecule has 0 saturated carbocycles. The lowest BCUT2D eigenvalue weighted by molar-refractivity contribution is -0.141. The Labute approximate surface area is 216 Å². The van der Waals surface area contributed by atoms with E-state index in [2.05, 4.69) is 17.6 Å². The van der Waals surface area contributed by atoms with Crippen molar-refractivity contribution >= 4 is 29.5 Å². The molecule has 1 aromatic carbocycles. The van der Waals surface area contributed by atoms with Crippen molar-refractivity contribution in [2.75, 3.05) is 13.1 Å². The lowest BCUT2D eigenvalue weighted by Crippen LogP contribution is -2.52. The fourth-order valence-corrected chi connectivity index (χ4v) is 4.74. The molecule has 1 fully saturated rings. The summed E-state index contributed by atoms with van der Waals surface area (Å²) < 4.78 is 0. The van der Waals surface area contributed by atoms with Gasteiger partial charge in [-0.3, -0.25) is 34.1 Å². The van der Waals surface area contributed by atoms with Crippen molar-refractivity contribution in [2.24, 2.45) is 11.8 Å². The Morgan fingerprint density at radius 2 is 1.73 bits per heavy atom. The van der Waals surface area contributed by atoms with Gasteiger partial charge in [-0.05, 0) is 43.2 Å². The summed E-state index contributed by atoms with van der Waals surface area (Å²) in [5.74, 6) is -3.21. The van der Waals surface area contributed by atoms with Gasteiger partial charge in [0.25, 0.3) is 5.91 Å². The summed E-state index contributed by atoms with van der Waals surface area (Å²) in [4.78, 5) is 63.3. The number of allylic oxidation sites excluding steroid dienone is 1. The van der Waals surface area contributed by atoms with Crippen LogP contribution in [0.25, 0.3) is 0 Å². The van der Waals surface area contributed by atoms with Gasteiger partial charge >= 0.3 is 0 Å². The molecule has 10 heteroatoms. The summed E-state index contributed by atoms with van der Waals surface area (Å²) in [6.45, 7) is 1.80. The van der Waals surface area contributed by atoms with Gasteiger partial charge in [0.15, 0.2) is 0 Å². The van der Waals surface area contributed by atoms with Crippen molar-refractivity contribution in [1.82, 2.24) is 21.0 Å². The zero-order valence-electron chi connectivity index (χ0n) is 21.2. The molecule has 1 heterocycles. The number of hydrogen-bond donors (Lipinski definition) is 4. The molecule has 5 amide bonds. The number of hydroxylamine groups is 1. The van der Waals surface area contributed by atoms with Crippen molar-refractivity contribution in [3.05, 3.63) is 47.5 Å². The molecule has 2 aliphatic rings. The molecule has 1 aliphatic carbocycles. The summed E-state index contributed by atoms with van der Waals surface area (Å²) in [5.41, 5.74) is 3.75. The number of carbonyl (C=O) groups is 5. The Kier molecular flexibility index (Phi) is 10.4. The Hall–Kier alpha value is -3.53. The van der Waals surface area contributed by atoms with Gasteiger partial charge in [-0.2, -0.15) is 0 Å². The summed E-state index contributed by atoms with van der Waals surface area (Å²) in [7, 11) is 0. The number of amides is 5. The standard InChI is InChI=1S/C27H36N4O6/c1-2-6-18-9-11-19(12-10-18)13-14-23(32)28-17-22(25(34)30-37)29-24(33)15-16-31-26(35)20-7-4-3-5-8-21(20)27(31)36/h4,7,9-12,20-22,37H,2-3,5-6,8,13-17H2,1H3,(H,28,32)(H,29,33)(H,30,34)/t20?,21-,22-/m0/s1. The van der Waals surface area contributed by atoms with Gasteiger partial charge < -0.3 is 10.6 Å². The van der Waals surface area contributed by atoms with Crippen LogP contribution in [0.4, 0.5) is 0 Å². The number of likely N-dealkylation sites (tertiary alicyclic amines) is 1. The summed E-state index contributed by atoms with van der Waals surface area (Å²) in [5, 5.41) is 14.1. The van der Waals surface area contributed by atoms with Gasteiger partial charge in [0, 0.05) is 25.9 Å². The van der Waals surface area contributed by atoms with Crippen molar-refractivity contribution in [3.63, 3.8) is 0 Å². The average Bonchev–Trinajstić information content (AvgIpc) is 3.05. The zero-order chi connectivity index (χ0) is 26.8. The summed E-state index contributed by atoms with van der Waals surface area (Å²) >= 11 is 0. The third-order valence-electron chi connectivity index (χ3n) is 6.83. The van der Waals surface area contributed by atoms with Crippen molar-refractivity contribution in [2.45, 2.75) is 64.3 Å². The van der Waals surface area contributed by atoms with Crippen LogP contribution in [0.3, 0.4) is 0 Å². The maximum atomic E-state index is 12.7. The second-order valence-electron chi connectivity index (χ2n) is 9.54. The molecule has 4 N–H and O–H groups in total. The molecule has 1 unspecified atom stereocenters. The first-order valence-electron chi connectivity index (χ1n) is 12.9. The minimum Gasteiger partial charge on any atom is -0.353 e. The quantitative estimate of drug-likeness (QED) is 0.144. The molecule has 1 saturated heterocycles. The van der Waals surface area contributed by atoms with Gasteiger partial charge in [0.2, 0.25) is 23.6 Å². The normalized spacial score (nSPS) is 19.7. The fraction of sp³-hybridized carbons (Fsp3) is 0.519. The minimum atomic E-state index is -1.21. The van der Waals surface area contributed by atoms with Crippen LogP contribution in [0.2, 0.25) is 0 Å². The Morgan fingerprint density at radius 3 is 2.41 bits per heavy atom. The topological polar surface area (TPSA) is 145 Å². The molecular weight excluding hydrogens is 476 g/mol. The number of nitrogens with one attached hydrogen (secondary N) is 3. The van der Waals surface area contributed by atoms with E-state index in [0.29, 0.717) is 12.8 Å². The first-order valence-corrected chi connectivity index (χ1v) is 12.9. The fourth-order valence-electron chi connectivity index (χ4n) is 4.74. The van der Waals surface area contributed by atoms with E-state index in [9.17, 15) is 24.0 Å². The lowest BCUT2D eigenvalue weighted by Gasteiger charge is -2.19. The maximum absolute atomic E-state index is 12.7. The highest BCUT2D eigenvalue weighted by Crippen LogP contribution is 2.33. The molecule has 0 bridgehead atoms. The first kappa shape index (κ1) is 28.0. The van der Waals surface area contributed by atoms with Gasteiger partial charge in [-0.15, -0.1) is 0 Å². The van der Waals surface area contributed by atoms with Crippen LogP contribution in [0.1, 0.15) is 56.6 Å². The summed E-state index contributed by atoms with van der Waals surface area (Å²) in [6.07, 6.45) is 8.60. The van der Waals surface area contributed by atoms with Crippen LogP contribution in [0, 0.1) is 11.8 Å². The molecule has 37 heavy (non-hydrogen) atoms. The number of benzene rings is 1. The van der Waals surface area contributed by atoms with Crippen molar-refractivity contribution < 1.29 is 29.2 Å². The van der Waals surface area contributed by atoms with Gasteiger partial charge in [0.05, 0.1) is 11.8 Å². The van der Waals surface area contributed by atoms with E-state index in [0.717, 1.165) is 36.1 Å². The Morgan fingerprint density at radius 1 is 1.03 bits per heavy atom. The highest BCUT2D eigenvalue weighted by molar-refractivity contribution is 6.06. The highest BCUT2D eigenvalue weighted by atomic mass is 16.5. The number of carbonyl (C=O) groups excluding carboxylic acids is 5. The van der Waals surface area contributed by atoms with Crippen LogP contribution in [0.5, 0.6) is 0 Å².